The first-order valence-electron chi connectivity index (χ1n) is 6.88. The van der Waals surface area contributed by atoms with E-state index >= 15 is 0 Å². The molecular weight excluding hydrogens is 266 g/mol. The number of nitrogens with one attached hydrogen (secondary N) is 2. The molecule has 5 nitrogen and oxygen atoms in total. The van der Waals surface area contributed by atoms with Gasteiger partial charge in [0.1, 0.15) is 11.8 Å². The fraction of sp³-hybridized carbons (Fsp3) is 0.250. The Morgan fingerprint density at radius 3 is 2.90 bits per heavy atom. The van der Waals surface area contributed by atoms with Crippen molar-refractivity contribution >= 4 is 17.8 Å². The maximum atomic E-state index is 12.1. The average Bonchev–Trinajstić information content (AvgIpc) is 2.98. The minimum Gasteiger partial charge on any atom is -0.463 e. The lowest BCUT2D eigenvalue weighted by molar-refractivity contribution is -0.121. The maximum absolute atomic E-state index is 12.1. The van der Waals surface area contributed by atoms with Gasteiger partial charge in [-0.25, -0.2) is 5.43 Å². The summed E-state index contributed by atoms with van der Waals surface area (Å²) >= 11 is 0. The second-order valence-electron chi connectivity index (χ2n) is 4.72. The molecule has 0 fully saturated rings. The summed E-state index contributed by atoms with van der Waals surface area (Å²) in [5.41, 5.74) is 4.58. The number of hydrogen-bond donors (Lipinski definition) is 2. The number of hydrogen-bond acceptors (Lipinski definition) is 4. The van der Waals surface area contributed by atoms with E-state index in [9.17, 15) is 4.79 Å². The molecule has 0 aliphatic heterocycles. The molecule has 2 N–H and O–H groups in total. The molecule has 110 valence electrons. The van der Waals surface area contributed by atoms with Gasteiger partial charge in [0.2, 0.25) is 0 Å². The zero-order valence-electron chi connectivity index (χ0n) is 12.2. The Bertz CT molecular complexity index is 606. The van der Waals surface area contributed by atoms with Crippen molar-refractivity contribution in [3.8, 4) is 0 Å². The van der Waals surface area contributed by atoms with Crippen molar-refractivity contribution in [2.45, 2.75) is 26.3 Å². The number of carbonyl (C=O) groups is 1. The van der Waals surface area contributed by atoms with Gasteiger partial charge >= 0.3 is 0 Å². The molecule has 1 amide bonds. The first kappa shape index (κ1) is 14.8. The molecule has 1 atom stereocenters. The van der Waals surface area contributed by atoms with Gasteiger partial charge in [0, 0.05) is 5.69 Å². The molecule has 0 aliphatic rings. The van der Waals surface area contributed by atoms with Crippen LogP contribution in [-0.4, -0.2) is 18.2 Å². The van der Waals surface area contributed by atoms with Crippen LogP contribution in [0, 0.1) is 6.92 Å². The molecule has 0 bridgehead atoms. The van der Waals surface area contributed by atoms with Gasteiger partial charge in [-0.2, -0.15) is 5.10 Å². The largest absolute Gasteiger partial charge is 0.463 e. The van der Waals surface area contributed by atoms with Gasteiger partial charge in [-0.05, 0) is 43.2 Å². The molecule has 0 saturated carbocycles. The van der Waals surface area contributed by atoms with Gasteiger partial charge < -0.3 is 9.73 Å². The third-order valence-electron chi connectivity index (χ3n) is 2.99. The number of benzene rings is 1. The van der Waals surface area contributed by atoms with Gasteiger partial charge in [0.25, 0.3) is 5.91 Å². The van der Waals surface area contributed by atoms with E-state index in [4.69, 9.17) is 4.42 Å². The fourth-order valence-electron chi connectivity index (χ4n) is 1.89. The van der Waals surface area contributed by atoms with Crippen LogP contribution in [0.15, 0.2) is 52.2 Å². The normalized spacial score (nSPS) is 12.3. The number of carbonyl (C=O) groups excluding carboxylic acids is 1. The second-order valence-corrected chi connectivity index (χ2v) is 4.72. The van der Waals surface area contributed by atoms with Gasteiger partial charge in [-0.3, -0.25) is 4.79 Å². The minimum absolute atomic E-state index is 0.179. The van der Waals surface area contributed by atoms with E-state index in [1.807, 2.05) is 38.1 Å². The number of rotatable bonds is 6. The van der Waals surface area contributed by atoms with Crippen LogP contribution in [0.5, 0.6) is 0 Å². The van der Waals surface area contributed by atoms with E-state index in [1.54, 1.807) is 18.4 Å². The van der Waals surface area contributed by atoms with Crippen LogP contribution in [0.25, 0.3) is 0 Å². The quantitative estimate of drug-likeness (QED) is 0.633. The number of hydrazone groups is 1. The van der Waals surface area contributed by atoms with Crippen molar-refractivity contribution in [1.82, 2.24) is 5.43 Å². The SMILES string of the molecule is CC[C@@H](Nc1cccc(C)c1)C(=O)NN=Cc1ccco1. The molecule has 1 aromatic carbocycles. The first-order valence-corrected chi connectivity index (χ1v) is 6.88. The molecule has 1 aromatic heterocycles. The predicted octanol–water partition coefficient (Wildman–Crippen LogP) is 2.93. The number of aryl methyl sites for hydroxylation is 1. The minimum atomic E-state index is -0.333. The number of amides is 1. The van der Waals surface area contributed by atoms with E-state index in [0.29, 0.717) is 12.2 Å². The average molecular weight is 285 g/mol. The van der Waals surface area contributed by atoms with Crippen molar-refractivity contribution in [2.24, 2.45) is 5.10 Å². The smallest absolute Gasteiger partial charge is 0.262 e. The summed E-state index contributed by atoms with van der Waals surface area (Å²) in [6.45, 7) is 3.96. The Balaban J connectivity index is 1.92. The van der Waals surface area contributed by atoms with Crippen molar-refractivity contribution in [2.75, 3.05) is 5.32 Å². The lowest BCUT2D eigenvalue weighted by Gasteiger charge is -2.16. The molecule has 1 heterocycles. The van der Waals surface area contributed by atoms with Gasteiger partial charge in [-0.15, -0.1) is 0 Å². The standard InChI is InChI=1S/C16H19N3O2/c1-3-15(18-13-7-4-6-12(2)10-13)16(20)19-17-11-14-8-5-9-21-14/h4-11,15,18H,3H2,1-2H3,(H,19,20)/t15-/m1/s1. The molecule has 5 heteroatoms. The van der Waals surface area contributed by atoms with Crippen LogP contribution in [0.3, 0.4) is 0 Å². The van der Waals surface area contributed by atoms with Crippen LogP contribution in [0.2, 0.25) is 0 Å². The Labute approximate surface area is 124 Å². The van der Waals surface area contributed by atoms with E-state index in [0.717, 1.165) is 11.3 Å². The molecule has 0 spiro atoms. The predicted molar refractivity (Wildman–Crippen MR) is 83.3 cm³/mol. The highest BCUT2D eigenvalue weighted by Crippen LogP contribution is 2.12. The monoisotopic (exact) mass is 285 g/mol. The van der Waals surface area contributed by atoms with Crippen molar-refractivity contribution in [1.29, 1.82) is 0 Å². The number of nitrogens with zero attached hydrogens (tertiary/aromatic N) is 1. The number of anilines is 1. The van der Waals surface area contributed by atoms with E-state index in [2.05, 4.69) is 15.8 Å². The highest BCUT2D eigenvalue weighted by molar-refractivity contribution is 5.86. The van der Waals surface area contributed by atoms with E-state index in [-0.39, 0.29) is 11.9 Å². The molecule has 0 saturated heterocycles. The van der Waals surface area contributed by atoms with Crippen LogP contribution >= 0.6 is 0 Å². The number of furan rings is 1. The van der Waals surface area contributed by atoms with Crippen LogP contribution in [0.1, 0.15) is 24.7 Å². The zero-order valence-corrected chi connectivity index (χ0v) is 12.2. The molecule has 0 unspecified atom stereocenters. The van der Waals surface area contributed by atoms with Crippen molar-refractivity contribution in [3.63, 3.8) is 0 Å². The fourth-order valence-corrected chi connectivity index (χ4v) is 1.89. The van der Waals surface area contributed by atoms with E-state index in [1.165, 1.54) is 6.21 Å². The second kappa shape index (κ2) is 7.28. The summed E-state index contributed by atoms with van der Waals surface area (Å²) in [7, 11) is 0. The summed E-state index contributed by atoms with van der Waals surface area (Å²) in [4.78, 5) is 12.1. The summed E-state index contributed by atoms with van der Waals surface area (Å²) in [6.07, 6.45) is 3.69. The van der Waals surface area contributed by atoms with Gasteiger partial charge in [0.05, 0.1) is 12.5 Å². The Hall–Kier alpha value is -2.56. The zero-order chi connectivity index (χ0) is 15.1. The lowest BCUT2D eigenvalue weighted by atomic mass is 10.1. The highest BCUT2D eigenvalue weighted by atomic mass is 16.3. The lowest BCUT2D eigenvalue weighted by Crippen LogP contribution is -2.36. The van der Waals surface area contributed by atoms with Crippen molar-refractivity contribution < 1.29 is 9.21 Å². The summed E-state index contributed by atoms with van der Waals surface area (Å²) in [5.74, 6) is 0.414. The van der Waals surface area contributed by atoms with Crippen LogP contribution in [-0.2, 0) is 4.79 Å². The van der Waals surface area contributed by atoms with E-state index < -0.39 is 0 Å². The van der Waals surface area contributed by atoms with Crippen molar-refractivity contribution in [3.05, 3.63) is 54.0 Å². The molecule has 0 aliphatic carbocycles. The van der Waals surface area contributed by atoms with Gasteiger partial charge in [-0.1, -0.05) is 19.1 Å². The first-order chi connectivity index (χ1) is 10.2. The van der Waals surface area contributed by atoms with Gasteiger partial charge in [0.15, 0.2) is 0 Å². The Morgan fingerprint density at radius 2 is 2.24 bits per heavy atom. The van der Waals surface area contributed by atoms with Crippen LogP contribution < -0.4 is 10.7 Å². The summed E-state index contributed by atoms with van der Waals surface area (Å²) in [5, 5.41) is 7.09. The molecular formula is C16H19N3O2. The summed E-state index contributed by atoms with van der Waals surface area (Å²) in [6, 6.07) is 11.1. The molecule has 0 radical (unpaired) electrons. The topological polar surface area (TPSA) is 66.6 Å². The molecule has 2 aromatic rings. The third kappa shape index (κ3) is 4.49. The highest BCUT2D eigenvalue weighted by Gasteiger charge is 2.15. The Morgan fingerprint density at radius 1 is 1.38 bits per heavy atom. The molecule has 21 heavy (non-hydrogen) atoms. The van der Waals surface area contributed by atoms with Crippen LogP contribution in [0.4, 0.5) is 5.69 Å². The Kier molecular flexibility index (Phi) is 5.15. The maximum Gasteiger partial charge on any atom is 0.262 e. The third-order valence-corrected chi connectivity index (χ3v) is 2.99. The molecule has 2 rings (SSSR count). The summed E-state index contributed by atoms with van der Waals surface area (Å²) < 4.78 is 5.09.